The van der Waals surface area contributed by atoms with Gasteiger partial charge in [0.05, 0.1) is 32.7 Å². The summed E-state index contributed by atoms with van der Waals surface area (Å²) >= 11 is 1.72. The standard InChI is InChI=1S/C22H23N5OS/c1-15(2)21-16(14-25-27(21)19-10-5-6-12-23-19)22(28)24-13-7-11-20-26-17-8-3-4-9-18(17)29-20/h3-6,8-10,12,14-15H,7,11,13H2,1-2H3,(H,24,28). The summed E-state index contributed by atoms with van der Waals surface area (Å²) in [4.78, 5) is 21.8. The molecule has 0 saturated heterocycles. The van der Waals surface area contributed by atoms with Crippen LogP contribution >= 0.6 is 11.3 Å². The van der Waals surface area contributed by atoms with Crippen LogP contribution in [0.2, 0.25) is 0 Å². The lowest BCUT2D eigenvalue weighted by molar-refractivity contribution is 0.0952. The number of aryl methyl sites for hydroxylation is 1. The highest BCUT2D eigenvalue weighted by molar-refractivity contribution is 7.18. The van der Waals surface area contributed by atoms with E-state index in [0.29, 0.717) is 17.9 Å². The number of hydrogen-bond acceptors (Lipinski definition) is 5. The van der Waals surface area contributed by atoms with Crippen molar-refractivity contribution in [1.29, 1.82) is 0 Å². The summed E-state index contributed by atoms with van der Waals surface area (Å²) in [7, 11) is 0. The molecular weight excluding hydrogens is 382 g/mol. The van der Waals surface area contributed by atoms with E-state index in [-0.39, 0.29) is 11.8 Å². The zero-order chi connectivity index (χ0) is 20.2. The quantitative estimate of drug-likeness (QED) is 0.464. The summed E-state index contributed by atoms with van der Waals surface area (Å²) in [6, 6.07) is 13.8. The van der Waals surface area contributed by atoms with Crippen molar-refractivity contribution >= 4 is 27.5 Å². The second-order valence-corrected chi connectivity index (χ2v) is 8.25. The topological polar surface area (TPSA) is 72.7 Å². The maximum absolute atomic E-state index is 12.8. The Morgan fingerprint density at radius 3 is 2.76 bits per heavy atom. The fourth-order valence-electron chi connectivity index (χ4n) is 3.31. The van der Waals surface area contributed by atoms with Gasteiger partial charge in [-0.3, -0.25) is 4.79 Å². The molecule has 0 radical (unpaired) electrons. The first-order chi connectivity index (χ1) is 14.1. The lowest BCUT2D eigenvalue weighted by Gasteiger charge is -2.12. The average molecular weight is 406 g/mol. The Hall–Kier alpha value is -3.06. The highest BCUT2D eigenvalue weighted by Gasteiger charge is 2.21. The van der Waals surface area contributed by atoms with Gasteiger partial charge in [0.15, 0.2) is 5.82 Å². The van der Waals surface area contributed by atoms with Gasteiger partial charge in [-0.05, 0) is 36.6 Å². The van der Waals surface area contributed by atoms with Gasteiger partial charge in [-0.25, -0.2) is 14.6 Å². The number of nitrogens with zero attached hydrogens (tertiary/aromatic N) is 4. The zero-order valence-corrected chi connectivity index (χ0v) is 17.3. The van der Waals surface area contributed by atoms with E-state index in [9.17, 15) is 4.79 Å². The molecule has 3 heterocycles. The van der Waals surface area contributed by atoms with Crippen molar-refractivity contribution in [2.75, 3.05) is 6.54 Å². The van der Waals surface area contributed by atoms with Crippen LogP contribution in [0, 0.1) is 0 Å². The van der Waals surface area contributed by atoms with Crippen molar-refractivity contribution in [2.24, 2.45) is 0 Å². The molecular formula is C22H23N5OS. The molecule has 6 nitrogen and oxygen atoms in total. The Kier molecular flexibility index (Phi) is 5.67. The number of hydrogen-bond donors (Lipinski definition) is 1. The molecule has 0 aliphatic carbocycles. The largest absolute Gasteiger partial charge is 0.352 e. The summed E-state index contributed by atoms with van der Waals surface area (Å²) in [5.41, 5.74) is 2.51. The lowest BCUT2D eigenvalue weighted by atomic mass is 10.1. The van der Waals surface area contributed by atoms with Crippen LogP contribution in [0.3, 0.4) is 0 Å². The Balaban J connectivity index is 1.40. The third kappa shape index (κ3) is 4.19. The number of carbonyl (C=O) groups excluding carboxylic acids is 1. The van der Waals surface area contributed by atoms with Gasteiger partial charge >= 0.3 is 0 Å². The van der Waals surface area contributed by atoms with Crippen molar-refractivity contribution in [3.05, 3.63) is 71.1 Å². The minimum atomic E-state index is -0.0971. The van der Waals surface area contributed by atoms with Crippen LogP contribution < -0.4 is 5.32 Å². The minimum Gasteiger partial charge on any atom is -0.352 e. The molecule has 4 rings (SSSR count). The van der Waals surface area contributed by atoms with E-state index < -0.39 is 0 Å². The second-order valence-electron chi connectivity index (χ2n) is 7.13. The first-order valence-electron chi connectivity index (χ1n) is 9.75. The van der Waals surface area contributed by atoms with Crippen LogP contribution in [-0.4, -0.2) is 32.2 Å². The molecule has 7 heteroatoms. The second kappa shape index (κ2) is 8.53. The maximum Gasteiger partial charge on any atom is 0.254 e. The van der Waals surface area contributed by atoms with Gasteiger partial charge < -0.3 is 5.32 Å². The van der Waals surface area contributed by atoms with Crippen LogP contribution in [0.25, 0.3) is 16.0 Å². The van der Waals surface area contributed by atoms with Crippen molar-refractivity contribution in [3.63, 3.8) is 0 Å². The predicted molar refractivity (Wildman–Crippen MR) is 116 cm³/mol. The third-order valence-corrected chi connectivity index (χ3v) is 5.75. The van der Waals surface area contributed by atoms with Crippen molar-refractivity contribution in [2.45, 2.75) is 32.6 Å². The number of benzene rings is 1. The maximum atomic E-state index is 12.8. The molecule has 0 unspecified atom stereocenters. The fourth-order valence-corrected chi connectivity index (χ4v) is 4.32. The van der Waals surface area contributed by atoms with Crippen LogP contribution in [0.5, 0.6) is 0 Å². The Labute approximate surface area is 173 Å². The van der Waals surface area contributed by atoms with Crippen LogP contribution in [0.15, 0.2) is 54.9 Å². The molecule has 3 aromatic heterocycles. The summed E-state index contributed by atoms with van der Waals surface area (Å²) in [6.45, 7) is 4.71. The number of pyridine rings is 1. The third-order valence-electron chi connectivity index (χ3n) is 4.66. The fraction of sp³-hybridized carbons (Fsp3) is 0.273. The van der Waals surface area contributed by atoms with E-state index in [2.05, 4.69) is 40.3 Å². The smallest absolute Gasteiger partial charge is 0.254 e. The van der Waals surface area contributed by atoms with Gasteiger partial charge in [-0.2, -0.15) is 5.10 Å². The number of thiazole rings is 1. The first-order valence-corrected chi connectivity index (χ1v) is 10.6. The Morgan fingerprint density at radius 2 is 2.00 bits per heavy atom. The normalized spacial score (nSPS) is 11.3. The summed E-state index contributed by atoms with van der Waals surface area (Å²) < 4.78 is 2.95. The molecule has 1 aromatic carbocycles. The average Bonchev–Trinajstić information content (AvgIpc) is 3.36. The SMILES string of the molecule is CC(C)c1c(C(=O)NCCCc2nc3ccccc3s2)cnn1-c1ccccn1. The number of nitrogens with one attached hydrogen (secondary N) is 1. The molecule has 0 saturated carbocycles. The Bertz CT molecular complexity index is 1080. The van der Waals surface area contributed by atoms with Crippen LogP contribution in [0.4, 0.5) is 0 Å². The number of amides is 1. The van der Waals surface area contributed by atoms with E-state index in [0.717, 1.165) is 29.1 Å². The van der Waals surface area contributed by atoms with E-state index in [1.165, 1.54) is 4.70 Å². The van der Waals surface area contributed by atoms with E-state index in [1.807, 2.05) is 36.4 Å². The van der Waals surface area contributed by atoms with Crippen molar-refractivity contribution in [3.8, 4) is 5.82 Å². The summed E-state index contributed by atoms with van der Waals surface area (Å²) in [5, 5.41) is 8.54. The first kappa shape index (κ1) is 19.3. The lowest BCUT2D eigenvalue weighted by Crippen LogP contribution is -2.26. The monoisotopic (exact) mass is 405 g/mol. The molecule has 148 valence electrons. The molecule has 1 N–H and O–H groups in total. The number of carbonyl (C=O) groups is 1. The van der Waals surface area contributed by atoms with Crippen molar-refractivity contribution in [1.82, 2.24) is 25.1 Å². The van der Waals surface area contributed by atoms with Gasteiger partial charge in [0.2, 0.25) is 0 Å². The van der Waals surface area contributed by atoms with E-state index >= 15 is 0 Å². The molecule has 1 amide bonds. The van der Waals surface area contributed by atoms with Gasteiger partial charge in [0.1, 0.15) is 0 Å². The number of aromatic nitrogens is 4. The van der Waals surface area contributed by atoms with Crippen LogP contribution in [0.1, 0.15) is 47.2 Å². The molecule has 4 aromatic rings. The molecule has 0 bridgehead atoms. The summed E-state index contributed by atoms with van der Waals surface area (Å²) in [5.74, 6) is 0.759. The molecule has 0 aliphatic heterocycles. The summed E-state index contributed by atoms with van der Waals surface area (Å²) in [6.07, 6.45) is 5.05. The predicted octanol–water partition coefficient (Wildman–Crippen LogP) is 4.36. The highest BCUT2D eigenvalue weighted by atomic mass is 32.1. The van der Waals surface area contributed by atoms with Gasteiger partial charge in [-0.15, -0.1) is 11.3 Å². The Morgan fingerprint density at radius 1 is 1.17 bits per heavy atom. The van der Waals surface area contributed by atoms with Crippen LogP contribution in [-0.2, 0) is 6.42 Å². The zero-order valence-electron chi connectivity index (χ0n) is 16.5. The highest BCUT2D eigenvalue weighted by Crippen LogP contribution is 2.23. The molecule has 0 spiro atoms. The number of rotatable bonds is 7. The molecule has 0 fully saturated rings. The van der Waals surface area contributed by atoms with Gasteiger partial charge in [0, 0.05) is 19.2 Å². The molecule has 0 aliphatic rings. The minimum absolute atomic E-state index is 0.0971. The molecule has 29 heavy (non-hydrogen) atoms. The van der Waals surface area contributed by atoms with E-state index in [1.54, 1.807) is 28.4 Å². The van der Waals surface area contributed by atoms with Crippen molar-refractivity contribution < 1.29 is 4.79 Å². The molecule has 0 atom stereocenters. The van der Waals surface area contributed by atoms with Gasteiger partial charge in [0.25, 0.3) is 5.91 Å². The van der Waals surface area contributed by atoms with E-state index in [4.69, 9.17) is 0 Å². The number of para-hydroxylation sites is 1. The number of fused-ring (bicyclic) bond motifs is 1. The van der Waals surface area contributed by atoms with Gasteiger partial charge in [-0.1, -0.05) is 32.0 Å².